The summed E-state index contributed by atoms with van der Waals surface area (Å²) in [6.07, 6.45) is 0. The number of hydrogen-bond donors (Lipinski definition) is 3. The molecule has 0 radical (unpaired) electrons. The summed E-state index contributed by atoms with van der Waals surface area (Å²) in [6, 6.07) is 4.31. The van der Waals surface area contributed by atoms with Crippen LogP contribution in [0.1, 0.15) is 30.7 Å². The Bertz CT molecular complexity index is 694. The number of nitrogens with one attached hydrogen (secondary N) is 1. The lowest BCUT2D eigenvalue weighted by Crippen LogP contribution is -2.14. The van der Waals surface area contributed by atoms with Crippen LogP contribution in [0.15, 0.2) is 18.2 Å². The van der Waals surface area contributed by atoms with Crippen LogP contribution in [0.4, 0.5) is 11.4 Å². The number of hydrogen-bond acceptors (Lipinski definition) is 5. The van der Waals surface area contributed by atoms with Crippen molar-refractivity contribution in [3.63, 3.8) is 0 Å². The molecule has 1 aromatic heterocycles. The summed E-state index contributed by atoms with van der Waals surface area (Å²) >= 11 is 1.26. The summed E-state index contributed by atoms with van der Waals surface area (Å²) in [6.45, 7) is 3.54. The zero-order valence-electron chi connectivity index (χ0n) is 10.9. The first kappa shape index (κ1) is 14.0. The molecule has 4 N–H and O–H groups in total. The number of nitrogens with two attached hydrogens (primary N) is 1. The van der Waals surface area contributed by atoms with E-state index in [1.807, 2.05) is 0 Å². The van der Waals surface area contributed by atoms with Crippen LogP contribution >= 0.6 is 11.3 Å². The van der Waals surface area contributed by atoms with Crippen LogP contribution in [0.5, 0.6) is 0 Å². The average molecular weight is 291 g/mol. The molecular weight excluding hydrogens is 278 g/mol. The van der Waals surface area contributed by atoms with E-state index in [4.69, 9.17) is 10.8 Å². The number of carboxylic acids is 1. The van der Waals surface area contributed by atoms with Gasteiger partial charge in [-0.2, -0.15) is 0 Å². The van der Waals surface area contributed by atoms with Crippen molar-refractivity contribution in [3.8, 4) is 0 Å². The molecule has 0 fully saturated rings. The molecule has 7 heteroatoms. The minimum atomic E-state index is -1.15. The SMILES string of the molecule is Cc1nc(C)c(C(=O)Nc2ccc(N)cc2C(=O)O)s1. The molecule has 6 nitrogen and oxygen atoms in total. The second kappa shape index (κ2) is 5.30. The van der Waals surface area contributed by atoms with Crippen molar-refractivity contribution in [2.24, 2.45) is 0 Å². The van der Waals surface area contributed by atoms with Gasteiger partial charge in [-0.3, -0.25) is 4.79 Å². The van der Waals surface area contributed by atoms with Gasteiger partial charge in [-0.05, 0) is 32.0 Å². The van der Waals surface area contributed by atoms with Gasteiger partial charge >= 0.3 is 5.97 Å². The predicted octanol–water partition coefficient (Wildman–Crippen LogP) is 2.29. The molecule has 1 aromatic carbocycles. The van der Waals surface area contributed by atoms with Crippen molar-refractivity contribution < 1.29 is 14.7 Å². The average Bonchev–Trinajstić information content (AvgIpc) is 2.70. The summed E-state index contributed by atoms with van der Waals surface area (Å²) in [7, 11) is 0. The number of nitrogen functional groups attached to an aromatic ring is 1. The fourth-order valence-electron chi connectivity index (χ4n) is 1.77. The molecule has 0 atom stereocenters. The maximum Gasteiger partial charge on any atom is 0.337 e. The summed E-state index contributed by atoms with van der Waals surface area (Å²) in [4.78, 5) is 27.9. The van der Waals surface area contributed by atoms with Gasteiger partial charge < -0.3 is 16.2 Å². The Hall–Kier alpha value is -2.41. The number of aromatic carboxylic acids is 1. The highest BCUT2D eigenvalue weighted by molar-refractivity contribution is 7.13. The lowest BCUT2D eigenvalue weighted by atomic mass is 10.1. The Morgan fingerprint density at radius 1 is 1.35 bits per heavy atom. The van der Waals surface area contributed by atoms with E-state index in [9.17, 15) is 9.59 Å². The van der Waals surface area contributed by atoms with Crippen LogP contribution < -0.4 is 11.1 Å². The molecule has 0 spiro atoms. The standard InChI is InChI=1S/C13H13N3O3S/c1-6-11(20-7(2)15-6)12(17)16-10-4-3-8(14)5-9(10)13(18)19/h3-5H,14H2,1-2H3,(H,16,17)(H,18,19). The minimum Gasteiger partial charge on any atom is -0.478 e. The molecule has 1 heterocycles. The first-order chi connectivity index (χ1) is 9.38. The predicted molar refractivity (Wildman–Crippen MR) is 77.4 cm³/mol. The molecule has 104 valence electrons. The van der Waals surface area contributed by atoms with Crippen molar-refractivity contribution >= 4 is 34.6 Å². The lowest BCUT2D eigenvalue weighted by molar-refractivity contribution is 0.0698. The summed E-state index contributed by atoms with van der Waals surface area (Å²) < 4.78 is 0. The Kier molecular flexibility index (Phi) is 3.71. The first-order valence-electron chi connectivity index (χ1n) is 5.76. The number of nitrogens with zero attached hydrogens (tertiary/aromatic N) is 1. The van der Waals surface area contributed by atoms with Gasteiger partial charge in [0.2, 0.25) is 0 Å². The highest BCUT2D eigenvalue weighted by Gasteiger charge is 2.17. The number of aromatic nitrogens is 1. The molecule has 2 rings (SSSR count). The molecule has 0 saturated heterocycles. The number of benzene rings is 1. The van der Waals surface area contributed by atoms with Gasteiger partial charge in [0.1, 0.15) is 4.88 Å². The molecule has 1 amide bonds. The summed E-state index contributed by atoms with van der Waals surface area (Å²) in [5, 5.41) is 12.5. The van der Waals surface area contributed by atoms with E-state index in [-0.39, 0.29) is 17.2 Å². The Morgan fingerprint density at radius 3 is 2.60 bits per heavy atom. The summed E-state index contributed by atoms with van der Waals surface area (Å²) in [5.41, 5.74) is 6.66. The van der Waals surface area contributed by atoms with Crippen LogP contribution in [0.2, 0.25) is 0 Å². The monoisotopic (exact) mass is 291 g/mol. The van der Waals surface area contributed by atoms with Crippen LogP contribution in [0.25, 0.3) is 0 Å². The third-order valence-corrected chi connectivity index (χ3v) is 3.70. The van der Waals surface area contributed by atoms with E-state index < -0.39 is 5.97 Å². The number of amides is 1. The van der Waals surface area contributed by atoms with E-state index in [0.29, 0.717) is 16.3 Å². The first-order valence-corrected chi connectivity index (χ1v) is 6.58. The smallest absolute Gasteiger partial charge is 0.337 e. The summed E-state index contributed by atoms with van der Waals surface area (Å²) in [5.74, 6) is -1.52. The molecule has 0 aliphatic carbocycles. The number of carbonyl (C=O) groups is 2. The molecule has 20 heavy (non-hydrogen) atoms. The van der Waals surface area contributed by atoms with Crippen molar-refractivity contribution in [3.05, 3.63) is 39.3 Å². The van der Waals surface area contributed by atoms with Crippen LogP contribution in [0.3, 0.4) is 0 Å². The van der Waals surface area contributed by atoms with Gasteiger partial charge in [-0.15, -0.1) is 11.3 Å². The van der Waals surface area contributed by atoms with E-state index in [1.54, 1.807) is 13.8 Å². The number of thiazole rings is 1. The van der Waals surface area contributed by atoms with Crippen LogP contribution in [-0.2, 0) is 0 Å². The molecule has 0 aliphatic heterocycles. The van der Waals surface area contributed by atoms with Gasteiger partial charge in [0.05, 0.1) is 22.0 Å². The molecule has 0 bridgehead atoms. The fourth-order valence-corrected chi connectivity index (χ4v) is 2.58. The zero-order valence-corrected chi connectivity index (χ0v) is 11.7. The quantitative estimate of drug-likeness (QED) is 0.752. The van der Waals surface area contributed by atoms with Gasteiger partial charge in [-0.25, -0.2) is 9.78 Å². The van der Waals surface area contributed by atoms with E-state index in [2.05, 4.69) is 10.3 Å². The van der Waals surface area contributed by atoms with Gasteiger partial charge in [0.15, 0.2) is 0 Å². The largest absolute Gasteiger partial charge is 0.478 e. The Labute approximate surface area is 119 Å². The third kappa shape index (κ3) is 2.77. The minimum absolute atomic E-state index is 0.0442. The number of aryl methyl sites for hydroxylation is 2. The normalized spacial score (nSPS) is 10.3. The Morgan fingerprint density at radius 2 is 2.05 bits per heavy atom. The number of carbonyl (C=O) groups excluding carboxylic acids is 1. The maximum absolute atomic E-state index is 12.1. The van der Waals surface area contributed by atoms with Crippen LogP contribution in [0, 0.1) is 13.8 Å². The maximum atomic E-state index is 12.1. The Balaban J connectivity index is 2.33. The van der Waals surface area contributed by atoms with E-state index >= 15 is 0 Å². The second-order valence-electron chi connectivity index (χ2n) is 4.21. The number of rotatable bonds is 3. The zero-order chi connectivity index (χ0) is 14.9. The highest BCUT2D eigenvalue weighted by atomic mass is 32.1. The van der Waals surface area contributed by atoms with Gasteiger partial charge in [0.25, 0.3) is 5.91 Å². The molecule has 0 saturated carbocycles. The van der Waals surface area contributed by atoms with Crippen molar-refractivity contribution in [1.82, 2.24) is 4.98 Å². The lowest BCUT2D eigenvalue weighted by Gasteiger charge is -2.08. The number of carboxylic acid groups (broad SMARTS) is 1. The fraction of sp³-hybridized carbons (Fsp3) is 0.154. The second-order valence-corrected chi connectivity index (χ2v) is 5.41. The molecule has 2 aromatic rings. The van der Waals surface area contributed by atoms with E-state index in [1.165, 1.54) is 29.5 Å². The van der Waals surface area contributed by atoms with Gasteiger partial charge in [0, 0.05) is 5.69 Å². The third-order valence-electron chi connectivity index (χ3n) is 2.63. The van der Waals surface area contributed by atoms with Gasteiger partial charge in [-0.1, -0.05) is 0 Å². The van der Waals surface area contributed by atoms with E-state index in [0.717, 1.165) is 5.01 Å². The van der Waals surface area contributed by atoms with Crippen LogP contribution in [-0.4, -0.2) is 22.0 Å². The molecular formula is C13H13N3O3S. The van der Waals surface area contributed by atoms with Crippen molar-refractivity contribution in [2.45, 2.75) is 13.8 Å². The highest BCUT2D eigenvalue weighted by Crippen LogP contribution is 2.22. The number of anilines is 2. The molecule has 0 aliphatic rings. The molecule has 0 unspecified atom stereocenters. The van der Waals surface area contributed by atoms with Crippen molar-refractivity contribution in [2.75, 3.05) is 11.1 Å². The van der Waals surface area contributed by atoms with Crippen molar-refractivity contribution in [1.29, 1.82) is 0 Å². The topological polar surface area (TPSA) is 105 Å².